The average Bonchev–Trinajstić information content (AvgIpc) is 2.42. The Hall–Kier alpha value is -1.59. The number of anilines is 1. The van der Waals surface area contributed by atoms with E-state index in [2.05, 4.69) is 24.6 Å². The first-order chi connectivity index (χ1) is 8.98. The van der Waals surface area contributed by atoms with Crippen molar-refractivity contribution in [2.24, 2.45) is 11.3 Å². The lowest BCUT2D eigenvalue weighted by Gasteiger charge is -2.51. The molecule has 2 rings (SSSR count). The lowest BCUT2D eigenvalue weighted by molar-refractivity contribution is -0.0942. The second kappa shape index (κ2) is 5.19. The molecule has 1 amide bonds. The summed E-state index contributed by atoms with van der Waals surface area (Å²) < 4.78 is 5.38. The second-order valence-corrected chi connectivity index (χ2v) is 5.53. The maximum absolute atomic E-state index is 12.1. The fourth-order valence-electron chi connectivity index (χ4n) is 2.49. The summed E-state index contributed by atoms with van der Waals surface area (Å²) in [4.78, 5) is 12.1. The standard InChI is InChI=1S/C14H21N3O2/c1-14(2)11(8-12(14)19-3)16-13(18)9-4-6-10(17-15)7-5-9/h4-7,11-12,17H,8,15H2,1-3H3,(H,16,18). The minimum absolute atomic E-state index is 0.0246. The van der Waals surface area contributed by atoms with E-state index in [0.29, 0.717) is 5.56 Å². The topological polar surface area (TPSA) is 76.4 Å². The molecule has 19 heavy (non-hydrogen) atoms. The van der Waals surface area contributed by atoms with E-state index in [0.717, 1.165) is 12.1 Å². The van der Waals surface area contributed by atoms with Crippen molar-refractivity contribution in [2.75, 3.05) is 12.5 Å². The van der Waals surface area contributed by atoms with Gasteiger partial charge in [0.05, 0.1) is 6.10 Å². The van der Waals surface area contributed by atoms with Crippen LogP contribution in [0.25, 0.3) is 0 Å². The van der Waals surface area contributed by atoms with Gasteiger partial charge < -0.3 is 15.5 Å². The molecule has 1 aromatic rings. The van der Waals surface area contributed by atoms with Crippen molar-refractivity contribution in [3.8, 4) is 0 Å². The van der Waals surface area contributed by atoms with E-state index in [9.17, 15) is 4.79 Å². The second-order valence-electron chi connectivity index (χ2n) is 5.53. The molecule has 0 spiro atoms. The van der Waals surface area contributed by atoms with E-state index >= 15 is 0 Å². The van der Waals surface area contributed by atoms with E-state index in [1.54, 1.807) is 31.4 Å². The molecule has 1 fully saturated rings. The van der Waals surface area contributed by atoms with Crippen molar-refractivity contribution in [3.05, 3.63) is 29.8 Å². The van der Waals surface area contributed by atoms with Crippen molar-refractivity contribution in [1.82, 2.24) is 5.32 Å². The summed E-state index contributed by atoms with van der Waals surface area (Å²) in [5.41, 5.74) is 3.92. The molecule has 1 aromatic carbocycles. The lowest BCUT2D eigenvalue weighted by Crippen LogP contribution is -2.61. The number of benzene rings is 1. The molecule has 0 heterocycles. The molecule has 1 saturated carbocycles. The van der Waals surface area contributed by atoms with Crippen LogP contribution >= 0.6 is 0 Å². The number of methoxy groups -OCH3 is 1. The minimum Gasteiger partial charge on any atom is -0.381 e. The summed E-state index contributed by atoms with van der Waals surface area (Å²) in [6, 6.07) is 7.21. The maximum atomic E-state index is 12.1. The zero-order valence-corrected chi connectivity index (χ0v) is 11.6. The highest BCUT2D eigenvalue weighted by Crippen LogP contribution is 2.42. The number of carbonyl (C=O) groups excluding carboxylic acids is 1. The fraction of sp³-hybridized carbons (Fsp3) is 0.500. The third kappa shape index (κ3) is 2.57. The SMILES string of the molecule is COC1CC(NC(=O)c2ccc(NN)cc2)C1(C)C. The van der Waals surface area contributed by atoms with E-state index in [1.165, 1.54) is 0 Å². The molecule has 5 nitrogen and oxygen atoms in total. The third-order valence-corrected chi connectivity index (χ3v) is 4.08. The molecule has 5 heteroatoms. The average molecular weight is 263 g/mol. The Bertz CT molecular complexity index is 456. The Balaban J connectivity index is 1.98. The summed E-state index contributed by atoms with van der Waals surface area (Å²) in [6.07, 6.45) is 1.07. The highest BCUT2D eigenvalue weighted by molar-refractivity contribution is 5.94. The van der Waals surface area contributed by atoms with Crippen LogP contribution in [0.5, 0.6) is 0 Å². The largest absolute Gasteiger partial charge is 0.381 e. The van der Waals surface area contributed by atoms with Gasteiger partial charge in [0.15, 0.2) is 0 Å². The van der Waals surface area contributed by atoms with Crippen molar-refractivity contribution >= 4 is 11.6 Å². The highest BCUT2D eigenvalue weighted by Gasteiger charge is 2.49. The molecule has 0 radical (unpaired) electrons. The Labute approximate surface area is 113 Å². The predicted octanol–water partition coefficient (Wildman–Crippen LogP) is 1.52. The van der Waals surface area contributed by atoms with Gasteiger partial charge in [-0.15, -0.1) is 0 Å². The monoisotopic (exact) mass is 263 g/mol. The molecule has 0 saturated heterocycles. The van der Waals surface area contributed by atoms with E-state index < -0.39 is 0 Å². The number of nitrogen functional groups attached to an aromatic ring is 1. The molecule has 0 aliphatic heterocycles. The number of amides is 1. The molecule has 0 aromatic heterocycles. The first kappa shape index (κ1) is 13.8. The Morgan fingerprint density at radius 1 is 1.37 bits per heavy atom. The lowest BCUT2D eigenvalue weighted by atomic mass is 9.64. The predicted molar refractivity (Wildman–Crippen MR) is 74.7 cm³/mol. The van der Waals surface area contributed by atoms with Crippen LogP contribution in [-0.2, 0) is 4.74 Å². The van der Waals surface area contributed by atoms with E-state index in [-0.39, 0.29) is 23.5 Å². The van der Waals surface area contributed by atoms with Gasteiger partial charge in [-0.25, -0.2) is 0 Å². The van der Waals surface area contributed by atoms with E-state index in [1.807, 2.05) is 0 Å². The molecule has 0 bridgehead atoms. The van der Waals surface area contributed by atoms with Crippen LogP contribution in [-0.4, -0.2) is 25.2 Å². The molecular formula is C14H21N3O2. The van der Waals surface area contributed by atoms with E-state index in [4.69, 9.17) is 10.6 Å². The zero-order valence-electron chi connectivity index (χ0n) is 11.6. The number of carbonyl (C=O) groups is 1. The molecule has 2 unspecified atom stereocenters. The number of hydrogen-bond donors (Lipinski definition) is 3. The zero-order chi connectivity index (χ0) is 14.0. The summed E-state index contributed by atoms with van der Waals surface area (Å²) in [7, 11) is 1.71. The highest BCUT2D eigenvalue weighted by atomic mass is 16.5. The van der Waals surface area contributed by atoms with Gasteiger partial charge in [-0.3, -0.25) is 10.6 Å². The van der Waals surface area contributed by atoms with Crippen LogP contribution in [0.3, 0.4) is 0 Å². The number of nitrogens with two attached hydrogens (primary N) is 1. The molecule has 2 atom stereocenters. The van der Waals surface area contributed by atoms with Gasteiger partial charge in [-0.2, -0.15) is 0 Å². The molecular weight excluding hydrogens is 242 g/mol. The van der Waals surface area contributed by atoms with Crippen molar-refractivity contribution in [3.63, 3.8) is 0 Å². The fourth-order valence-corrected chi connectivity index (χ4v) is 2.49. The quantitative estimate of drug-likeness (QED) is 0.568. The third-order valence-electron chi connectivity index (χ3n) is 4.08. The molecule has 4 N–H and O–H groups in total. The molecule has 104 valence electrons. The van der Waals surface area contributed by atoms with Crippen molar-refractivity contribution in [1.29, 1.82) is 0 Å². The van der Waals surface area contributed by atoms with Crippen LogP contribution in [0.2, 0.25) is 0 Å². The first-order valence-electron chi connectivity index (χ1n) is 6.39. The summed E-state index contributed by atoms with van der Waals surface area (Å²) in [6.45, 7) is 4.22. The maximum Gasteiger partial charge on any atom is 0.251 e. The smallest absolute Gasteiger partial charge is 0.251 e. The van der Waals surface area contributed by atoms with Gasteiger partial charge in [-0.05, 0) is 30.7 Å². The van der Waals surface area contributed by atoms with Crippen molar-refractivity contribution < 1.29 is 9.53 Å². The van der Waals surface area contributed by atoms with Crippen LogP contribution in [0.1, 0.15) is 30.6 Å². The van der Waals surface area contributed by atoms with Crippen LogP contribution in [0.15, 0.2) is 24.3 Å². The first-order valence-corrected chi connectivity index (χ1v) is 6.39. The normalized spacial score (nSPS) is 24.4. The number of hydrogen-bond acceptors (Lipinski definition) is 4. The van der Waals surface area contributed by atoms with Gasteiger partial charge in [0.1, 0.15) is 0 Å². The molecule has 1 aliphatic carbocycles. The van der Waals surface area contributed by atoms with Crippen molar-refractivity contribution in [2.45, 2.75) is 32.4 Å². The summed E-state index contributed by atoms with van der Waals surface area (Å²) in [5, 5.41) is 3.05. The number of ether oxygens (including phenoxy) is 1. The number of nitrogens with one attached hydrogen (secondary N) is 2. The van der Waals surface area contributed by atoms with Gasteiger partial charge in [0.2, 0.25) is 0 Å². The van der Waals surface area contributed by atoms with Crippen LogP contribution < -0.4 is 16.6 Å². The minimum atomic E-state index is -0.0591. The van der Waals surface area contributed by atoms with Gasteiger partial charge in [-0.1, -0.05) is 13.8 Å². The number of hydrazine groups is 1. The summed E-state index contributed by atoms with van der Waals surface area (Å²) >= 11 is 0. The number of rotatable bonds is 4. The van der Waals surface area contributed by atoms with Gasteiger partial charge >= 0.3 is 0 Å². The van der Waals surface area contributed by atoms with Crippen LogP contribution in [0, 0.1) is 5.41 Å². The van der Waals surface area contributed by atoms with Gasteiger partial charge in [0.25, 0.3) is 5.91 Å². The Kier molecular flexibility index (Phi) is 3.78. The van der Waals surface area contributed by atoms with Gasteiger partial charge in [0, 0.05) is 29.8 Å². The Morgan fingerprint density at radius 2 is 2.00 bits per heavy atom. The Morgan fingerprint density at radius 3 is 2.47 bits per heavy atom. The summed E-state index contributed by atoms with van der Waals surface area (Å²) in [5.74, 6) is 5.23. The van der Waals surface area contributed by atoms with Crippen LogP contribution in [0.4, 0.5) is 5.69 Å². The molecule has 1 aliphatic rings.